The Hall–Kier alpha value is -2.66. The predicted molar refractivity (Wildman–Crippen MR) is 126 cm³/mol. The molecule has 1 heterocycles. The molecule has 0 unspecified atom stereocenters. The SMILES string of the molecule is Cc1ccc(C(c2ccc(C)cc2)C2CCN(C(=O)COCC(=O)OC(C)C)CC2)cc1. The number of ether oxygens (including phenoxy) is 2. The van der Waals surface area contributed by atoms with E-state index in [4.69, 9.17) is 9.47 Å². The standard InChI is InChI=1S/C27H35NO4/c1-19(2)32-26(30)18-31-17-25(29)28-15-13-24(14-16-28)27(22-9-5-20(3)6-10-22)23-11-7-21(4)8-12-23/h5-12,19,24,27H,13-18H2,1-4H3. The highest BCUT2D eigenvalue weighted by molar-refractivity contribution is 5.78. The summed E-state index contributed by atoms with van der Waals surface area (Å²) in [6.07, 6.45) is 1.69. The first-order valence-electron chi connectivity index (χ1n) is 11.5. The first kappa shape index (κ1) is 24.0. The molecule has 1 amide bonds. The molecule has 0 saturated carbocycles. The Morgan fingerprint density at radius 2 is 1.38 bits per heavy atom. The molecule has 3 rings (SSSR count). The maximum absolute atomic E-state index is 12.5. The number of aryl methyl sites for hydroxylation is 2. The minimum atomic E-state index is -0.439. The average molecular weight is 438 g/mol. The van der Waals surface area contributed by atoms with Gasteiger partial charge < -0.3 is 14.4 Å². The second kappa shape index (κ2) is 11.3. The molecule has 1 fully saturated rings. The van der Waals surface area contributed by atoms with E-state index >= 15 is 0 Å². The average Bonchev–Trinajstić information content (AvgIpc) is 2.76. The van der Waals surface area contributed by atoms with Crippen LogP contribution in [0, 0.1) is 19.8 Å². The Morgan fingerprint density at radius 1 is 0.875 bits per heavy atom. The van der Waals surface area contributed by atoms with Gasteiger partial charge in [-0.15, -0.1) is 0 Å². The molecule has 0 aliphatic carbocycles. The lowest BCUT2D eigenvalue weighted by atomic mass is 9.76. The molecule has 2 aromatic carbocycles. The van der Waals surface area contributed by atoms with Gasteiger partial charge in [-0.1, -0.05) is 59.7 Å². The van der Waals surface area contributed by atoms with Gasteiger partial charge in [0.15, 0.2) is 0 Å². The number of carbonyl (C=O) groups is 2. The van der Waals surface area contributed by atoms with Crippen molar-refractivity contribution in [2.45, 2.75) is 52.6 Å². The fourth-order valence-electron chi connectivity index (χ4n) is 4.38. The zero-order chi connectivity index (χ0) is 23.1. The van der Waals surface area contributed by atoms with Gasteiger partial charge >= 0.3 is 5.97 Å². The van der Waals surface area contributed by atoms with Crippen LogP contribution in [0.5, 0.6) is 0 Å². The Morgan fingerprint density at radius 3 is 1.84 bits per heavy atom. The summed E-state index contributed by atoms with van der Waals surface area (Å²) in [5.41, 5.74) is 5.18. The smallest absolute Gasteiger partial charge is 0.332 e. The van der Waals surface area contributed by atoms with Gasteiger partial charge in [0.25, 0.3) is 0 Å². The van der Waals surface area contributed by atoms with Crippen LogP contribution in [0.15, 0.2) is 48.5 Å². The van der Waals surface area contributed by atoms with E-state index in [-0.39, 0.29) is 25.2 Å². The van der Waals surface area contributed by atoms with Gasteiger partial charge in [-0.05, 0) is 57.6 Å². The second-order valence-corrected chi connectivity index (χ2v) is 9.05. The van der Waals surface area contributed by atoms with Crippen LogP contribution in [-0.4, -0.2) is 49.2 Å². The van der Waals surface area contributed by atoms with Gasteiger partial charge in [-0.3, -0.25) is 4.79 Å². The van der Waals surface area contributed by atoms with Crippen molar-refractivity contribution in [1.82, 2.24) is 4.90 Å². The van der Waals surface area contributed by atoms with Gasteiger partial charge in [-0.2, -0.15) is 0 Å². The zero-order valence-corrected chi connectivity index (χ0v) is 19.7. The number of hydrogen-bond donors (Lipinski definition) is 0. The lowest BCUT2D eigenvalue weighted by Crippen LogP contribution is -2.41. The first-order chi connectivity index (χ1) is 15.3. The minimum absolute atomic E-state index is 0.0666. The summed E-state index contributed by atoms with van der Waals surface area (Å²) in [6.45, 7) is 8.93. The van der Waals surface area contributed by atoms with Crippen LogP contribution in [-0.2, 0) is 19.1 Å². The summed E-state index contributed by atoms with van der Waals surface area (Å²) >= 11 is 0. The van der Waals surface area contributed by atoms with Crippen molar-refractivity contribution in [2.75, 3.05) is 26.3 Å². The Kier molecular flexibility index (Phi) is 8.46. The van der Waals surface area contributed by atoms with Gasteiger partial charge in [0, 0.05) is 19.0 Å². The van der Waals surface area contributed by atoms with Gasteiger partial charge in [0.1, 0.15) is 13.2 Å². The van der Waals surface area contributed by atoms with Gasteiger partial charge in [0.2, 0.25) is 5.91 Å². The third kappa shape index (κ3) is 6.67. The maximum atomic E-state index is 12.5. The van der Waals surface area contributed by atoms with E-state index in [0.29, 0.717) is 24.9 Å². The molecule has 1 aliphatic heterocycles. The van der Waals surface area contributed by atoms with Crippen LogP contribution in [0.3, 0.4) is 0 Å². The van der Waals surface area contributed by atoms with Crippen LogP contribution < -0.4 is 0 Å². The Bertz CT molecular complexity index is 835. The number of nitrogens with zero attached hydrogens (tertiary/aromatic N) is 1. The summed E-state index contributed by atoms with van der Waals surface area (Å²) in [4.78, 5) is 26.0. The summed E-state index contributed by atoms with van der Waals surface area (Å²) < 4.78 is 10.3. The molecule has 0 bridgehead atoms. The summed E-state index contributed by atoms with van der Waals surface area (Å²) in [6, 6.07) is 17.7. The molecule has 0 spiro atoms. The lowest BCUT2D eigenvalue weighted by Gasteiger charge is -2.36. The molecule has 0 atom stereocenters. The quantitative estimate of drug-likeness (QED) is 0.565. The van der Waals surface area contributed by atoms with Crippen molar-refractivity contribution < 1.29 is 19.1 Å². The van der Waals surface area contributed by atoms with Crippen LogP contribution in [0.1, 0.15) is 54.9 Å². The summed E-state index contributed by atoms with van der Waals surface area (Å²) in [5.74, 6) is 0.274. The maximum Gasteiger partial charge on any atom is 0.332 e. The van der Waals surface area contributed by atoms with Crippen molar-refractivity contribution in [3.63, 3.8) is 0 Å². The number of piperidine rings is 1. The number of carbonyl (C=O) groups excluding carboxylic acids is 2. The van der Waals surface area contributed by atoms with E-state index in [2.05, 4.69) is 62.4 Å². The van der Waals surface area contributed by atoms with E-state index in [1.165, 1.54) is 22.3 Å². The van der Waals surface area contributed by atoms with Crippen molar-refractivity contribution >= 4 is 11.9 Å². The molecule has 172 valence electrons. The Balaban J connectivity index is 1.60. The molecule has 5 nitrogen and oxygen atoms in total. The lowest BCUT2D eigenvalue weighted by molar-refractivity contribution is -0.154. The molecular weight excluding hydrogens is 402 g/mol. The molecule has 0 aromatic heterocycles. The number of likely N-dealkylation sites (tertiary alicyclic amines) is 1. The first-order valence-corrected chi connectivity index (χ1v) is 11.5. The van der Waals surface area contributed by atoms with Gasteiger partial charge in [-0.25, -0.2) is 4.79 Å². The number of benzene rings is 2. The number of amides is 1. The van der Waals surface area contributed by atoms with Crippen molar-refractivity contribution in [3.05, 3.63) is 70.8 Å². The number of rotatable bonds is 8. The van der Waals surface area contributed by atoms with Crippen molar-refractivity contribution in [3.8, 4) is 0 Å². The molecular formula is C27H35NO4. The highest BCUT2D eigenvalue weighted by Crippen LogP contribution is 2.38. The predicted octanol–water partition coefficient (Wildman–Crippen LogP) is 4.64. The largest absolute Gasteiger partial charge is 0.461 e. The normalized spacial score (nSPS) is 14.8. The summed E-state index contributed by atoms with van der Waals surface area (Å²) in [5, 5.41) is 0. The summed E-state index contributed by atoms with van der Waals surface area (Å²) in [7, 11) is 0. The van der Waals surface area contributed by atoms with Crippen molar-refractivity contribution in [1.29, 1.82) is 0 Å². The number of esters is 1. The molecule has 1 aliphatic rings. The van der Waals surface area contributed by atoms with Crippen molar-refractivity contribution in [2.24, 2.45) is 5.92 Å². The monoisotopic (exact) mass is 437 g/mol. The third-order valence-electron chi connectivity index (χ3n) is 6.05. The molecule has 0 N–H and O–H groups in total. The number of hydrogen-bond acceptors (Lipinski definition) is 4. The molecule has 2 aromatic rings. The fourth-order valence-corrected chi connectivity index (χ4v) is 4.38. The second-order valence-electron chi connectivity index (χ2n) is 9.05. The van der Waals surface area contributed by atoms with E-state index in [1.807, 2.05) is 4.90 Å². The molecule has 1 saturated heterocycles. The topological polar surface area (TPSA) is 55.8 Å². The third-order valence-corrected chi connectivity index (χ3v) is 6.05. The van der Waals surface area contributed by atoms with E-state index in [9.17, 15) is 9.59 Å². The van der Waals surface area contributed by atoms with Gasteiger partial charge in [0.05, 0.1) is 6.10 Å². The van der Waals surface area contributed by atoms with Crippen LogP contribution in [0.4, 0.5) is 0 Å². The highest BCUT2D eigenvalue weighted by Gasteiger charge is 2.30. The highest BCUT2D eigenvalue weighted by atomic mass is 16.6. The van der Waals surface area contributed by atoms with E-state index in [0.717, 1.165) is 12.8 Å². The molecule has 32 heavy (non-hydrogen) atoms. The van der Waals surface area contributed by atoms with Crippen LogP contribution in [0.2, 0.25) is 0 Å². The molecule has 0 radical (unpaired) electrons. The van der Waals surface area contributed by atoms with Crippen LogP contribution in [0.25, 0.3) is 0 Å². The zero-order valence-electron chi connectivity index (χ0n) is 19.7. The molecule has 5 heteroatoms. The minimum Gasteiger partial charge on any atom is -0.461 e. The van der Waals surface area contributed by atoms with E-state index in [1.54, 1.807) is 13.8 Å². The van der Waals surface area contributed by atoms with Crippen LogP contribution >= 0.6 is 0 Å². The fraction of sp³-hybridized carbons (Fsp3) is 0.481. The Labute approximate surface area is 191 Å². The van der Waals surface area contributed by atoms with E-state index < -0.39 is 5.97 Å².